The summed E-state index contributed by atoms with van der Waals surface area (Å²) < 4.78 is 5.80. The summed E-state index contributed by atoms with van der Waals surface area (Å²) in [6.07, 6.45) is 1.06. The van der Waals surface area contributed by atoms with Crippen LogP contribution in [0.3, 0.4) is 0 Å². The Labute approximate surface area is 178 Å². The lowest BCUT2D eigenvalue weighted by atomic mass is 10.1. The minimum Gasteiger partial charge on any atom is -0.507 e. The summed E-state index contributed by atoms with van der Waals surface area (Å²) in [5.41, 5.74) is 8.50. The number of nitrogens with one attached hydrogen (secondary N) is 1. The predicted molar refractivity (Wildman–Crippen MR) is 109 cm³/mol. The smallest absolute Gasteiger partial charge is 0.294 e. The molecule has 0 fully saturated rings. The Morgan fingerprint density at radius 1 is 1.25 bits per heavy atom. The molecule has 0 unspecified atom stereocenters. The fraction of sp³-hybridized carbons (Fsp3) is 0. The van der Waals surface area contributed by atoms with E-state index < -0.39 is 10.8 Å². The number of amides is 1. The van der Waals surface area contributed by atoms with Gasteiger partial charge in [-0.15, -0.1) is 5.10 Å². The Bertz CT molecular complexity index is 1330. The molecule has 2 aromatic heterocycles. The summed E-state index contributed by atoms with van der Waals surface area (Å²) >= 11 is 0. The molecule has 0 saturated heterocycles. The molecule has 1 amide bonds. The number of hydrazone groups is 1. The van der Waals surface area contributed by atoms with Gasteiger partial charge in [0, 0.05) is 23.3 Å². The monoisotopic (exact) mass is 435 g/mol. The fourth-order valence-electron chi connectivity index (χ4n) is 2.75. The Morgan fingerprint density at radius 3 is 2.72 bits per heavy atom. The summed E-state index contributed by atoms with van der Waals surface area (Å²) in [6, 6.07) is 12.1. The molecule has 4 rings (SSSR count). The zero-order valence-corrected chi connectivity index (χ0v) is 16.0. The van der Waals surface area contributed by atoms with Crippen LogP contribution in [0.15, 0.2) is 58.3 Å². The fourth-order valence-corrected chi connectivity index (χ4v) is 2.75. The Hall–Kier alpha value is -5.14. The number of carbonyl (C=O) groups is 1. The highest BCUT2D eigenvalue weighted by Gasteiger charge is 2.25. The van der Waals surface area contributed by atoms with E-state index in [1.54, 1.807) is 30.3 Å². The molecule has 160 valence electrons. The highest BCUT2D eigenvalue weighted by atomic mass is 16.6. The zero-order chi connectivity index (χ0) is 22.7. The van der Waals surface area contributed by atoms with Crippen LogP contribution in [0.1, 0.15) is 16.1 Å². The Balaban J connectivity index is 1.66. The third-order valence-electron chi connectivity index (χ3n) is 4.22. The quantitative estimate of drug-likeness (QED) is 0.225. The van der Waals surface area contributed by atoms with E-state index in [2.05, 4.69) is 35.8 Å². The van der Waals surface area contributed by atoms with Crippen LogP contribution >= 0.6 is 0 Å². The lowest BCUT2D eigenvalue weighted by Crippen LogP contribution is -2.19. The molecule has 32 heavy (non-hydrogen) atoms. The molecule has 0 atom stereocenters. The summed E-state index contributed by atoms with van der Waals surface area (Å²) in [5.74, 6) is -1.01. The number of aromatic nitrogens is 5. The van der Waals surface area contributed by atoms with Gasteiger partial charge < -0.3 is 10.8 Å². The number of nitrogen functional groups attached to an aromatic ring is 1. The van der Waals surface area contributed by atoms with E-state index in [4.69, 9.17) is 5.73 Å². The van der Waals surface area contributed by atoms with Crippen LogP contribution in [0.2, 0.25) is 0 Å². The maximum atomic E-state index is 12.8. The number of aromatic hydroxyl groups is 1. The molecule has 4 aromatic rings. The number of anilines is 1. The van der Waals surface area contributed by atoms with Crippen LogP contribution in [0.4, 0.5) is 11.5 Å². The van der Waals surface area contributed by atoms with E-state index in [1.807, 2.05) is 0 Å². The van der Waals surface area contributed by atoms with E-state index in [0.717, 1.165) is 24.4 Å². The number of phenols is 1. The van der Waals surface area contributed by atoms with Crippen LogP contribution in [-0.4, -0.2) is 47.5 Å². The van der Waals surface area contributed by atoms with Gasteiger partial charge >= 0.3 is 0 Å². The Morgan fingerprint density at radius 2 is 2.03 bits per heavy atom. The van der Waals surface area contributed by atoms with Crippen LogP contribution in [-0.2, 0) is 0 Å². The highest BCUT2D eigenvalue weighted by molar-refractivity contribution is 5.99. The second kappa shape index (κ2) is 8.31. The molecule has 14 heteroatoms. The average Bonchev–Trinajstić information content (AvgIpc) is 3.41. The van der Waals surface area contributed by atoms with Crippen molar-refractivity contribution in [3.63, 3.8) is 0 Å². The van der Waals surface area contributed by atoms with E-state index in [1.165, 1.54) is 4.68 Å². The predicted octanol–water partition coefficient (Wildman–Crippen LogP) is 1.28. The molecule has 0 saturated carbocycles. The number of nitrogens with two attached hydrogens (primary N) is 1. The molecule has 0 spiro atoms. The van der Waals surface area contributed by atoms with Crippen molar-refractivity contribution >= 4 is 23.6 Å². The third-order valence-corrected chi connectivity index (χ3v) is 4.22. The van der Waals surface area contributed by atoms with Gasteiger partial charge in [0.05, 0.1) is 11.1 Å². The van der Waals surface area contributed by atoms with Crippen LogP contribution in [0, 0.1) is 10.1 Å². The first-order chi connectivity index (χ1) is 15.5. The number of nitro groups is 1. The number of hydrogen-bond acceptors (Lipinski definition) is 11. The molecule has 0 aliphatic carbocycles. The molecule has 0 radical (unpaired) electrons. The number of rotatable bonds is 6. The first-order valence-electron chi connectivity index (χ1n) is 8.86. The van der Waals surface area contributed by atoms with Gasteiger partial charge in [0.2, 0.25) is 11.6 Å². The molecule has 0 aliphatic rings. The van der Waals surface area contributed by atoms with E-state index in [0.29, 0.717) is 5.56 Å². The number of carbonyl (C=O) groups excluding carboxylic acids is 1. The highest BCUT2D eigenvalue weighted by Crippen LogP contribution is 2.26. The van der Waals surface area contributed by atoms with Gasteiger partial charge in [-0.05, 0) is 16.4 Å². The molecular formula is C18H13N9O5. The SMILES string of the molecule is Nc1nonc1-n1nnc(C(=O)N/N=C\c2cc([N+](=O)[O-])ccc2O)c1-c1ccccc1. The second-order valence-corrected chi connectivity index (χ2v) is 6.24. The van der Waals surface area contributed by atoms with Crippen molar-refractivity contribution in [1.82, 2.24) is 30.7 Å². The van der Waals surface area contributed by atoms with Gasteiger partial charge in [0.25, 0.3) is 11.6 Å². The van der Waals surface area contributed by atoms with Crippen LogP contribution in [0.25, 0.3) is 17.1 Å². The maximum absolute atomic E-state index is 12.8. The Kier molecular flexibility index (Phi) is 5.23. The molecule has 0 bridgehead atoms. The van der Waals surface area contributed by atoms with Gasteiger partial charge in [0.1, 0.15) is 11.4 Å². The number of phenolic OH excluding ortho intramolecular Hbond substituents is 1. The standard InChI is InChI=1S/C18H13N9O5/c19-16-17(24-32-23-16)26-15(10-4-2-1-3-5-10)14(21-25-26)18(29)22-20-9-11-8-12(27(30)31)6-7-13(11)28/h1-9,28H,(H2,19,23)(H,22,29)/b20-9-. The number of non-ortho nitro benzene ring substituents is 1. The second-order valence-electron chi connectivity index (χ2n) is 6.24. The first kappa shape index (κ1) is 20.1. The number of benzene rings is 2. The van der Waals surface area contributed by atoms with Gasteiger partial charge in [-0.2, -0.15) is 9.78 Å². The lowest BCUT2D eigenvalue weighted by Gasteiger charge is -2.05. The lowest BCUT2D eigenvalue weighted by molar-refractivity contribution is -0.384. The summed E-state index contributed by atoms with van der Waals surface area (Å²) in [7, 11) is 0. The summed E-state index contributed by atoms with van der Waals surface area (Å²) in [4.78, 5) is 23.0. The van der Waals surface area contributed by atoms with Gasteiger partial charge in [-0.3, -0.25) is 14.9 Å². The zero-order valence-electron chi connectivity index (χ0n) is 16.0. The molecule has 2 aromatic carbocycles. The van der Waals surface area contributed by atoms with Crippen molar-refractivity contribution in [1.29, 1.82) is 0 Å². The first-order valence-corrected chi connectivity index (χ1v) is 8.86. The normalized spacial score (nSPS) is 11.0. The van der Waals surface area contributed by atoms with Crippen molar-refractivity contribution in [3.05, 3.63) is 69.9 Å². The third kappa shape index (κ3) is 3.82. The molecular weight excluding hydrogens is 422 g/mol. The van der Waals surface area contributed by atoms with Crippen molar-refractivity contribution in [2.75, 3.05) is 5.73 Å². The van der Waals surface area contributed by atoms with Crippen molar-refractivity contribution in [3.8, 4) is 22.8 Å². The number of nitrogens with zero attached hydrogens (tertiary/aromatic N) is 7. The molecule has 0 aliphatic heterocycles. The topological polar surface area (TPSA) is 200 Å². The van der Waals surface area contributed by atoms with E-state index >= 15 is 0 Å². The van der Waals surface area contributed by atoms with Crippen molar-refractivity contribution < 1.29 is 19.5 Å². The van der Waals surface area contributed by atoms with Crippen molar-refractivity contribution in [2.45, 2.75) is 0 Å². The van der Waals surface area contributed by atoms with E-state index in [-0.39, 0.29) is 40.0 Å². The summed E-state index contributed by atoms with van der Waals surface area (Å²) in [6.45, 7) is 0. The minimum atomic E-state index is -0.744. The summed E-state index contributed by atoms with van der Waals surface area (Å²) in [5, 5.41) is 39.5. The van der Waals surface area contributed by atoms with E-state index in [9.17, 15) is 20.0 Å². The number of hydrogen-bond donors (Lipinski definition) is 3. The molecule has 2 heterocycles. The minimum absolute atomic E-state index is 0.0351. The van der Waals surface area contributed by atoms with Crippen LogP contribution < -0.4 is 11.2 Å². The van der Waals surface area contributed by atoms with Crippen molar-refractivity contribution in [2.24, 2.45) is 5.10 Å². The molecule has 4 N–H and O–H groups in total. The number of nitro benzene ring substituents is 1. The van der Waals surface area contributed by atoms with Gasteiger partial charge in [-0.25, -0.2) is 10.1 Å². The van der Waals surface area contributed by atoms with Crippen LogP contribution in [0.5, 0.6) is 5.75 Å². The van der Waals surface area contributed by atoms with Gasteiger partial charge in [0.15, 0.2) is 5.69 Å². The maximum Gasteiger partial charge on any atom is 0.294 e. The largest absolute Gasteiger partial charge is 0.507 e. The average molecular weight is 435 g/mol. The van der Waals surface area contributed by atoms with Gasteiger partial charge in [-0.1, -0.05) is 35.5 Å². The molecule has 14 nitrogen and oxygen atoms in total.